The van der Waals surface area contributed by atoms with E-state index in [-0.39, 0.29) is 42.2 Å². The number of furan rings is 1. The predicted molar refractivity (Wildman–Crippen MR) is 203 cm³/mol. The third kappa shape index (κ3) is 7.85. The molecule has 3 N–H and O–H groups in total. The van der Waals surface area contributed by atoms with Gasteiger partial charge in [-0.1, -0.05) is 49.3 Å². The number of carbonyl (C=O) groups excluding carboxylic acids is 4. The van der Waals surface area contributed by atoms with Gasteiger partial charge in [0.2, 0.25) is 33.3 Å². The summed E-state index contributed by atoms with van der Waals surface area (Å²) in [6.07, 6.45) is 2.20. The number of halogens is 3. The Morgan fingerprint density at radius 2 is 1.78 bits per heavy atom. The van der Waals surface area contributed by atoms with Crippen LogP contribution in [0, 0.1) is 5.92 Å². The van der Waals surface area contributed by atoms with Crippen molar-refractivity contribution >= 4 is 55.7 Å². The number of para-hydroxylation sites is 1. The molecule has 306 valence electrons. The van der Waals surface area contributed by atoms with Crippen LogP contribution in [0.25, 0.3) is 33.5 Å². The molecule has 2 aliphatic carbocycles. The number of nitrogens with one attached hydrogen (secondary N) is 3. The molecule has 4 amide bonds. The number of fused-ring (bicyclic) bond motifs is 5. The van der Waals surface area contributed by atoms with Crippen LogP contribution in [0.4, 0.5) is 13.2 Å². The summed E-state index contributed by atoms with van der Waals surface area (Å²) in [6.45, 7) is 1.13. The Morgan fingerprint density at radius 3 is 2.50 bits per heavy atom. The maximum Gasteiger partial charge on any atom is 0.416 e. The van der Waals surface area contributed by atoms with E-state index in [2.05, 4.69) is 25.3 Å². The van der Waals surface area contributed by atoms with Gasteiger partial charge in [-0.2, -0.15) is 18.2 Å². The first-order valence-electron chi connectivity index (χ1n) is 19.3. The van der Waals surface area contributed by atoms with Crippen molar-refractivity contribution < 1.29 is 49.9 Å². The molecule has 0 radical (unpaired) electrons. The summed E-state index contributed by atoms with van der Waals surface area (Å²) in [5, 5.41) is 5.45. The average molecular weight is 823 g/mol. The number of aromatic nitrogens is 2. The Morgan fingerprint density at radius 1 is 1.02 bits per heavy atom. The predicted octanol–water partition coefficient (Wildman–Crippen LogP) is 4.92. The third-order valence-corrected chi connectivity index (χ3v) is 13.0. The molecule has 14 nitrogen and oxygen atoms in total. The highest BCUT2D eigenvalue weighted by Gasteiger charge is 2.62. The summed E-state index contributed by atoms with van der Waals surface area (Å²) >= 11 is 0. The highest BCUT2D eigenvalue weighted by molar-refractivity contribution is 7.91. The molecule has 4 aromatic rings. The van der Waals surface area contributed by atoms with E-state index in [0.717, 1.165) is 25.0 Å². The first-order valence-corrected chi connectivity index (χ1v) is 20.8. The van der Waals surface area contributed by atoms with Crippen molar-refractivity contribution in [1.82, 2.24) is 30.2 Å². The van der Waals surface area contributed by atoms with Gasteiger partial charge in [0.1, 0.15) is 34.8 Å². The van der Waals surface area contributed by atoms with Gasteiger partial charge in [-0.15, -0.1) is 0 Å². The molecular formula is C40H41F3N6O8S. The summed E-state index contributed by atoms with van der Waals surface area (Å²) in [7, 11) is -3.95. The number of hydrogen-bond donors (Lipinski definition) is 3. The van der Waals surface area contributed by atoms with Crippen molar-refractivity contribution in [3.8, 4) is 17.3 Å². The first kappa shape index (κ1) is 39.3. The summed E-state index contributed by atoms with van der Waals surface area (Å²) in [4.78, 5) is 65.3. The van der Waals surface area contributed by atoms with E-state index in [4.69, 9.17) is 9.15 Å². The quantitative estimate of drug-likeness (QED) is 0.216. The lowest BCUT2D eigenvalue weighted by molar-refractivity contribution is -0.142. The van der Waals surface area contributed by atoms with Crippen LogP contribution in [0.3, 0.4) is 0 Å². The topological polar surface area (TPSA) is 190 Å². The minimum absolute atomic E-state index is 0.0390. The Hall–Kier alpha value is -5.52. The number of alkyl halides is 3. The second kappa shape index (κ2) is 15.0. The third-order valence-electron chi connectivity index (χ3n) is 11.2. The van der Waals surface area contributed by atoms with Crippen LogP contribution in [-0.4, -0.2) is 82.4 Å². The standard InChI is InChI=1S/C40H41F3N6O8S/c1-22(50)44-29-11-6-4-2-3-5-9-25-20-39(25,38(53)48-58(54,55)27-17-18-27)47-35(51)30-19-26(21-49(30)37(29)52)56-36-33-32(28-10-7-8-12-31(28)57-33)45-34(46-36)23-13-15-24(16-14-23)40(41,42)43/h5,7-10,12-16,25-27,29-30H,2-4,6,11,17-21H2,1H3,(H,44,50)(H,47,51)(H,48,53)/t25-,26-,29+,30+,39-/m1/s1. The molecule has 58 heavy (non-hydrogen) atoms. The van der Waals surface area contributed by atoms with Crippen LogP contribution in [0.5, 0.6) is 5.88 Å². The number of sulfonamides is 1. The van der Waals surface area contributed by atoms with Crippen LogP contribution in [0.15, 0.2) is 65.1 Å². The Kier molecular flexibility index (Phi) is 10.2. The molecule has 5 atom stereocenters. The molecule has 3 fully saturated rings. The van der Waals surface area contributed by atoms with Crippen molar-refractivity contribution in [2.24, 2.45) is 5.92 Å². The van der Waals surface area contributed by atoms with Gasteiger partial charge >= 0.3 is 6.18 Å². The van der Waals surface area contributed by atoms with Gasteiger partial charge in [0.15, 0.2) is 5.82 Å². The lowest BCUT2D eigenvalue weighted by Gasteiger charge is -2.29. The van der Waals surface area contributed by atoms with Crippen molar-refractivity contribution in [2.75, 3.05) is 6.54 Å². The van der Waals surface area contributed by atoms with E-state index in [9.17, 15) is 40.8 Å². The number of hydrogen-bond acceptors (Lipinski definition) is 10. The number of amides is 4. The van der Waals surface area contributed by atoms with E-state index in [0.29, 0.717) is 48.6 Å². The average Bonchev–Trinajstić information content (AvgIpc) is 4.08. The van der Waals surface area contributed by atoms with E-state index in [1.807, 2.05) is 12.2 Å². The largest absolute Gasteiger partial charge is 0.470 e. The molecule has 18 heteroatoms. The Bertz CT molecular complexity index is 2430. The zero-order valence-corrected chi connectivity index (χ0v) is 32.2. The van der Waals surface area contributed by atoms with Crippen molar-refractivity contribution in [1.29, 1.82) is 0 Å². The lowest BCUT2D eigenvalue weighted by Crippen LogP contribution is -2.58. The van der Waals surface area contributed by atoms with Crippen LogP contribution in [-0.2, 0) is 35.4 Å². The van der Waals surface area contributed by atoms with Gasteiger partial charge in [0, 0.05) is 30.2 Å². The van der Waals surface area contributed by atoms with Crippen LogP contribution >= 0.6 is 0 Å². The molecule has 0 spiro atoms. The fourth-order valence-electron chi connectivity index (χ4n) is 7.83. The molecule has 1 saturated heterocycles. The SMILES string of the molecule is CC(=O)N[C@H]1CCCCCC=C[C@@H]2C[C@@]2(C(=O)NS(=O)(=O)C2CC2)NC(=O)[C@@H]2C[C@@H](Oc3nc(-c4ccc(C(F)(F)F)cc4)nc4c3oc3ccccc34)CN2C1=O. The maximum atomic E-state index is 14.4. The molecule has 0 bridgehead atoms. The van der Waals surface area contributed by atoms with Crippen LogP contribution in [0.1, 0.15) is 70.3 Å². The van der Waals surface area contributed by atoms with E-state index in [1.165, 1.54) is 24.0 Å². The molecule has 4 aliphatic rings. The molecule has 2 aromatic heterocycles. The normalized spacial score (nSPS) is 25.6. The first-order chi connectivity index (χ1) is 27.6. The van der Waals surface area contributed by atoms with Crippen molar-refractivity contribution in [2.45, 2.75) is 99.9 Å². The summed E-state index contributed by atoms with van der Waals surface area (Å²) in [5.41, 5.74) is -1.28. The number of carbonyl (C=O) groups is 4. The molecule has 8 rings (SSSR count). The molecule has 4 heterocycles. The molecular weight excluding hydrogens is 782 g/mol. The second-order valence-corrected chi connectivity index (χ2v) is 17.4. The van der Waals surface area contributed by atoms with Gasteiger partial charge in [-0.25, -0.2) is 13.4 Å². The zero-order chi connectivity index (χ0) is 41.0. The summed E-state index contributed by atoms with van der Waals surface area (Å²) in [6, 6.07) is 9.11. The minimum atomic E-state index is -4.56. The van der Waals surface area contributed by atoms with Crippen molar-refractivity contribution in [3.05, 3.63) is 66.2 Å². The van der Waals surface area contributed by atoms with Crippen LogP contribution in [0.2, 0.25) is 0 Å². The fourth-order valence-corrected chi connectivity index (χ4v) is 9.20. The van der Waals surface area contributed by atoms with Gasteiger partial charge in [0.05, 0.1) is 17.4 Å². The Balaban J connectivity index is 1.14. The monoisotopic (exact) mass is 822 g/mol. The maximum absolute atomic E-state index is 14.4. The number of allylic oxidation sites excluding steroid dienone is 1. The minimum Gasteiger partial charge on any atom is -0.470 e. The molecule has 2 aromatic carbocycles. The highest BCUT2D eigenvalue weighted by Crippen LogP contribution is 2.46. The van der Waals surface area contributed by atoms with E-state index >= 15 is 0 Å². The summed E-state index contributed by atoms with van der Waals surface area (Å²) in [5.74, 6) is -3.08. The van der Waals surface area contributed by atoms with Crippen molar-refractivity contribution in [3.63, 3.8) is 0 Å². The van der Waals surface area contributed by atoms with Gasteiger partial charge < -0.3 is 24.7 Å². The van der Waals surface area contributed by atoms with Gasteiger partial charge in [0.25, 0.3) is 11.8 Å². The number of ether oxygens (including phenoxy) is 1. The molecule has 2 saturated carbocycles. The number of nitrogens with zero attached hydrogens (tertiary/aromatic N) is 3. The lowest BCUT2D eigenvalue weighted by atomic mass is 10.0. The number of benzene rings is 2. The van der Waals surface area contributed by atoms with E-state index < -0.39 is 80.3 Å². The second-order valence-electron chi connectivity index (χ2n) is 15.5. The molecule has 0 unspecified atom stereocenters. The summed E-state index contributed by atoms with van der Waals surface area (Å²) < 4.78 is 80.7. The zero-order valence-electron chi connectivity index (χ0n) is 31.4. The highest BCUT2D eigenvalue weighted by atomic mass is 32.2. The van der Waals surface area contributed by atoms with Gasteiger partial charge in [-0.3, -0.25) is 23.9 Å². The number of rotatable bonds is 7. The fraction of sp³-hybridized carbons (Fsp3) is 0.450. The van der Waals surface area contributed by atoms with Crippen LogP contribution < -0.4 is 20.1 Å². The molecule has 2 aliphatic heterocycles. The van der Waals surface area contributed by atoms with E-state index in [1.54, 1.807) is 24.3 Å². The smallest absolute Gasteiger partial charge is 0.416 e. The van der Waals surface area contributed by atoms with Gasteiger partial charge in [-0.05, 0) is 62.8 Å². The Labute approximate surface area is 331 Å².